The zero-order chi connectivity index (χ0) is 10.7. The summed E-state index contributed by atoms with van der Waals surface area (Å²) in [6.45, 7) is 0. The molecule has 2 aromatic rings. The average molecular weight is 219 g/mol. The van der Waals surface area contributed by atoms with E-state index in [0.717, 1.165) is 5.69 Å². The Bertz CT molecular complexity index is 467. The van der Waals surface area contributed by atoms with E-state index in [9.17, 15) is 9.90 Å². The van der Waals surface area contributed by atoms with Crippen molar-refractivity contribution in [3.63, 3.8) is 0 Å². The molecule has 0 radical (unpaired) electrons. The molecule has 0 bridgehead atoms. The fourth-order valence-electron chi connectivity index (χ4n) is 1.07. The third-order valence-electron chi connectivity index (χ3n) is 1.74. The SMILES string of the molecule is O=C([O-])c1csc(Nc2ccccc2)n1. The number of carbonyl (C=O) groups excluding carboxylic acids is 1. The number of anilines is 2. The van der Waals surface area contributed by atoms with Crippen molar-refractivity contribution in [2.75, 3.05) is 5.32 Å². The van der Waals surface area contributed by atoms with Crippen molar-refractivity contribution in [3.8, 4) is 0 Å². The van der Waals surface area contributed by atoms with E-state index < -0.39 is 5.97 Å². The van der Waals surface area contributed by atoms with E-state index in [0.29, 0.717) is 5.13 Å². The zero-order valence-corrected chi connectivity index (χ0v) is 8.45. The Morgan fingerprint density at radius 2 is 2.07 bits per heavy atom. The first-order valence-corrected chi connectivity index (χ1v) is 5.12. The molecular formula is C10H7N2O2S-. The van der Waals surface area contributed by atoms with Crippen LogP contribution in [0.15, 0.2) is 35.7 Å². The van der Waals surface area contributed by atoms with Crippen molar-refractivity contribution < 1.29 is 9.90 Å². The Morgan fingerprint density at radius 1 is 1.33 bits per heavy atom. The largest absolute Gasteiger partial charge is 0.543 e. The lowest BCUT2D eigenvalue weighted by atomic mass is 10.3. The fourth-order valence-corrected chi connectivity index (χ4v) is 1.77. The van der Waals surface area contributed by atoms with Crippen molar-refractivity contribution in [1.29, 1.82) is 0 Å². The number of carboxylic acids is 1. The molecule has 4 nitrogen and oxygen atoms in total. The molecule has 0 fully saturated rings. The summed E-state index contributed by atoms with van der Waals surface area (Å²) in [6.07, 6.45) is 0. The van der Waals surface area contributed by atoms with Crippen LogP contribution < -0.4 is 10.4 Å². The van der Waals surface area contributed by atoms with Crippen molar-refractivity contribution >= 4 is 28.1 Å². The predicted octanol–water partition coefficient (Wildman–Crippen LogP) is 1.25. The average Bonchev–Trinajstić information content (AvgIpc) is 2.68. The van der Waals surface area contributed by atoms with Gasteiger partial charge in [0.1, 0.15) is 0 Å². The van der Waals surface area contributed by atoms with Gasteiger partial charge in [0.2, 0.25) is 0 Å². The molecule has 0 atom stereocenters. The van der Waals surface area contributed by atoms with Crippen LogP contribution in [0, 0.1) is 0 Å². The first kappa shape index (κ1) is 9.67. The number of para-hydroxylation sites is 1. The number of nitrogens with zero attached hydrogens (tertiary/aromatic N) is 1. The number of aromatic carboxylic acids is 1. The van der Waals surface area contributed by atoms with Gasteiger partial charge < -0.3 is 15.2 Å². The summed E-state index contributed by atoms with van der Waals surface area (Å²) >= 11 is 1.23. The van der Waals surface area contributed by atoms with Gasteiger partial charge in [0, 0.05) is 11.1 Å². The van der Waals surface area contributed by atoms with Gasteiger partial charge >= 0.3 is 0 Å². The Balaban J connectivity index is 2.15. The second-order valence-electron chi connectivity index (χ2n) is 2.82. The number of rotatable bonds is 3. The molecule has 5 heteroatoms. The molecule has 0 aliphatic carbocycles. The molecule has 0 aliphatic heterocycles. The van der Waals surface area contributed by atoms with E-state index in [1.807, 2.05) is 30.3 Å². The minimum absolute atomic E-state index is 0.0431. The van der Waals surface area contributed by atoms with Crippen LogP contribution in [0.5, 0.6) is 0 Å². The summed E-state index contributed by atoms with van der Waals surface area (Å²) in [7, 11) is 0. The lowest BCUT2D eigenvalue weighted by Crippen LogP contribution is -2.22. The van der Waals surface area contributed by atoms with Crippen LogP contribution in [0.25, 0.3) is 0 Å². The maximum atomic E-state index is 10.5. The second kappa shape index (κ2) is 4.10. The number of carboxylic acid groups (broad SMARTS) is 1. The van der Waals surface area contributed by atoms with Crippen molar-refractivity contribution in [2.24, 2.45) is 0 Å². The standard InChI is InChI=1S/C10H8N2O2S/c13-9(14)8-6-15-10(12-8)11-7-4-2-1-3-5-7/h1-6H,(H,11,12)(H,13,14)/p-1. The van der Waals surface area contributed by atoms with E-state index in [1.165, 1.54) is 16.7 Å². The minimum Gasteiger partial charge on any atom is -0.543 e. The Labute approximate surface area is 90.2 Å². The number of thiazole rings is 1. The summed E-state index contributed by atoms with van der Waals surface area (Å²) in [5, 5.41) is 15.5. The molecule has 15 heavy (non-hydrogen) atoms. The van der Waals surface area contributed by atoms with Gasteiger partial charge in [-0.25, -0.2) is 4.98 Å². The van der Waals surface area contributed by atoms with E-state index in [-0.39, 0.29) is 5.69 Å². The molecule has 0 amide bonds. The van der Waals surface area contributed by atoms with Gasteiger partial charge in [-0.3, -0.25) is 0 Å². The van der Waals surface area contributed by atoms with Crippen molar-refractivity contribution in [2.45, 2.75) is 0 Å². The number of hydrogen-bond donors (Lipinski definition) is 1. The van der Waals surface area contributed by atoms with Crippen LogP contribution >= 0.6 is 11.3 Å². The highest BCUT2D eigenvalue weighted by molar-refractivity contribution is 7.14. The molecule has 1 aromatic heterocycles. The summed E-state index contributed by atoms with van der Waals surface area (Å²) in [4.78, 5) is 14.3. The summed E-state index contributed by atoms with van der Waals surface area (Å²) in [6, 6.07) is 9.42. The zero-order valence-electron chi connectivity index (χ0n) is 7.64. The number of carbonyl (C=O) groups is 1. The van der Waals surface area contributed by atoms with Gasteiger partial charge in [0.15, 0.2) is 5.13 Å². The molecule has 1 heterocycles. The van der Waals surface area contributed by atoms with Gasteiger partial charge in [-0.2, -0.15) is 0 Å². The first-order chi connectivity index (χ1) is 7.25. The third-order valence-corrected chi connectivity index (χ3v) is 2.50. The van der Waals surface area contributed by atoms with Crippen LogP contribution in [0.4, 0.5) is 10.8 Å². The molecule has 0 saturated carbocycles. The van der Waals surface area contributed by atoms with E-state index in [4.69, 9.17) is 0 Å². The number of benzene rings is 1. The lowest BCUT2D eigenvalue weighted by molar-refractivity contribution is -0.255. The fraction of sp³-hybridized carbons (Fsp3) is 0. The van der Waals surface area contributed by atoms with Gasteiger partial charge in [-0.1, -0.05) is 18.2 Å². The maximum absolute atomic E-state index is 10.5. The number of aromatic nitrogens is 1. The lowest BCUT2D eigenvalue weighted by Gasteiger charge is -2.00. The molecular weight excluding hydrogens is 212 g/mol. The molecule has 0 saturated heterocycles. The highest BCUT2D eigenvalue weighted by Crippen LogP contribution is 2.20. The molecule has 0 unspecified atom stereocenters. The predicted molar refractivity (Wildman–Crippen MR) is 56.2 cm³/mol. The van der Waals surface area contributed by atoms with E-state index >= 15 is 0 Å². The molecule has 0 aliphatic rings. The van der Waals surface area contributed by atoms with Crippen molar-refractivity contribution in [3.05, 3.63) is 41.4 Å². The molecule has 76 valence electrons. The van der Waals surface area contributed by atoms with E-state index in [2.05, 4.69) is 10.3 Å². The van der Waals surface area contributed by atoms with Gasteiger partial charge in [0.25, 0.3) is 0 Å². The number of nitrogens with one attached hydrogen (secondary N) is 1. The van der Waals surface area contributed by atoms with Crippen LogP contribution in [0.2, 0.25) is 0 Å². The molecule has 1 aromatic carbocycles. The summed E-state index contributed by atoms with van der Waals surface area (Å²) < 4.78 is 0. The third kappa shape index (κ3) is 2.32. The Hall–Kier alpha value is -1.88. The molecule has 1 N–H and O–H groups in total. The summed E-state index contributed by atoms with van der Waals surface area (Å²) in [5.74, 6) is -1.26. The normalized spacial score (nSPS) is 9.87. The highest BCUT2D eigenvalue weighted by Gasteiger charge is 2.01. The van der Waals surface area contributed by atoms with Crippen LogP contribution in [-0.4, -0.2) is 11.0 Å². The topological polar surface area (TPSA) is 65.0 Å². The monoisotopic (exact) mass is 219 g/mol. The van der Waals surface area contributed by atoms with Gasteiger partial charge in [-0.05, 0) is 12.1 Å². The Morgan fingerprint density at radius 3 is 2.67 bits per heavy atom. The highest BCUT2D eigenvalue weighted by atomic mass is 32.1. The van der Waals surface area contributed by atoms with Crippen LogP contribution in [0.1, 0.15) is 10.5 Å². The van der Waals surface area contributed by atoms with Crippen molar-refractivity contribution in [1.82, 2.24) is 4.98 Å². The van der Waals surface area contributed by atoms with Gasteiger partial charge in [-0.15, -0.1) is 11.3 Å². The van der Waals surface area contributed by atoms with Crippen LogP contribution in [0.3, 0.4) is 0 Å². The van der Waals surface area contributed by atoms with Gasteiger partial charge in [0.05, 0.1) is 11.7 Å². The van der Waals surface area contributed by atoms with E-state index in [1.54, 1.807) is 0 Å². The molecule has 2 rings (SSSR count). The Kier molecular flexibility index (Phi) is 2.64. The maximum Gasteiger partial charge on any atom is 0.187 e. The second-order valence-corrected chi connectivity index (χ2v) is 3.67. The van der Waals surface area contributed by atoms with Crippen LogP contribution in [-0.2, 0) is 0 Å². The molecule has 0 spiro atoms. The number of hydrogen-bond acceptors (Lipinski definition) is 5. The smallest absolute Gasteiger partial charge is 0.187 e. The first-order valence-electron chi connectivity index (χ1n) is 4.24. The quantitative estimate of drug-likeness (QED) is 0.843. The minimum atomic E-state index is -1.26. The summed E-state index contributed by atoms with van der Waals surface area (Å²) in [5.41, 5.74) is 0.829.